The fourth-order valence-corrected chi connectivity index (χ4v) is 2.74. The van der Waals surface area contributed by atoms with Crippen LogP contribution >= 0.6 is 22.9 Å². The molecule has 0 aliphatic carbocycles. The van der Waals surface area contributed by atoms with Gasteiger partial charge in [-0.05, 0) is 36.8 Å². The van der Waals surface area contributed by atoms with E-state index in [2.05, 4.69) is 15.6 Å². The second-order valence-corrected chi connectivity index (χ2v) is 6.17. The number of hydrogen-bond acceptors (Lipinski definition) is 4. The Kier molecular flexibility index (Phi) is 5.52. The first kappa shape index (κ1) is 15.0. The van der Waals surface area contributed by atoms with E-state index in [9.17, 15) is 4.79 Å². The highest BCUT2D eigenvalue weighted by molar-refractivity contribution is 7.16. The van der Waals surface area contributed by atoms with Gasteiger partial charge in [0.05, 0.1) is 17.4 Å². The SMILES string of the molecule is C[C@@H](NCC(=O)NCc1ccc(Cl)s1)c1ccncc1. The fraction of sp³-hybridized carbons (Fsp3) is 0.286. The molecule has 0 saturated carbocycles. The summed E-state index contributed by atoms with van der Waals surface area (Å²) in [6.45, 7) is 2.81. The molecular weight excluding hydrogens is 294 g/mol. The molecule has 0 unspecified atom stereocenters. The molecule has 0 aliphatic heterocycles. The Hall–Kier alpha value is -1.43. The molecule has 0 radical (unpaired) electrons. The van der Waals surface area contributed by atoms with Gasteiger partial charge in [0, 0.05) is 23.3 Å². The van der Waals surface area contributed by atoms with Crippen molar-refractivity contribution in [1.82, 2.24) is 15.6 Å². The third kappa shape index (κ3) is 4.59. The van der Waals surface area contributed by atoms with Gasteiger partial charge in [0.1, 0.15) is 0 Å². The van der Waals surface area contributed by atoms with Gasteiger partial charge < -0.3 is 10.6 Å². The van der Waals surface area contributed by atoms with Crippen molar-refractivity contribution in [2.75, 3.05) is 6.54 Å². The summed E-state index contributed by atoms with van der Waals surface area (Å²) in [5, 5.41) is 6.03. The number of carbonyl (C=O) groups excluding carboxylic acids is 1. The van der Waals surface area contributed by atoms with Gasteiger partial charge >= 0.3 is 0 Å². The predicted octanol–water partition coefficient (Wildman–Crippen LogP) is 2.76. The molecule has 2 N–H and O–H groups in total. The molecule has 0 fully saturated rings. The van der Waals surface area contributed by atoms with Crippen molar-refractivity contribution < 1.29 is 4.79 Å². The number of nitrogens with zero attached hydrogens (tertiary/aromatic N) is 1. The van der Waals surface area contributed by atoms with Crippen molar-refractivity contribution in [2.45, 2.75) is 19.5 Å². The van der Waals surface area contributed by atoms with Gasteiger partial charge in [0.25, 0.3) is 0 Å². The number of nitrogens with one attached hydrogen (secondary N) is 2. The normalized spacial score (nSPS) is 12.1. The Morgan fingerprint density at radius 2 is 2.10 bits per heavy atom. The third-order valence-corrected chi connectivity index (χ3v) is 4.09. The second kappa shape index (κ2) is 7.38. The molecule has 0 spiro atoms. The highest BCUT2D eigenvalue weighted by Crippen LogP contribution is 2.20. The first-order valence-corrected chi connectivity index (χ1v) is 7.49. The number of amides is 1. The van der Waals surface area contributed by atoms with Crippen LogP contribution in [0.3, 0.4) is 0 Å². The molecule has 0 aliphatic rings. The van der Waals surface area contributed by atoms with Gasteiger partial charge in [0.15, 0.2) is 0 Å². The molecule has 1 atom stereocenters. The minimum absolute atomic E-state index is 0.0320. The Morgan fingerprint density at radius 1 is 1.35 bits per heavy atom. The smallest absolute Gasteiger partial charge is 0.234 e. The minimum Gasteiger partial charge on any atom is -0.350 e. The van der Waals surface area contributed by atoms with Crippen LogP contribution in [0.15, 0.2) is 36.7 Å². The van der Waals surface area contributed by atoms with Gasteiger partial charge in [-0.1, -0.05) is 11.6 Å². The lowest BCUT2D eigenvalue weighted by molar-refractivity contribution is -0.120. The second-order valence-electron chi connectivity index (χ2n) is 4.37. The van der Waals surface area contributed by atoms with E-state index in [0.717, 1.165) is 14.8 Å². The molecule has 20 heavy (non-hydrogen) atoms. The average Bonchev–Trinajstić information content (AvgIpc) is 2.89. The number of carbonyl (C=O) groups is 1. The molecule has 0 saturated heterocycles. The molecule has 0 aromatic carbocycles. The van der Waals surface area contributed by atoms with Crippen LogP contribution in [-0.4, -0.2) is 17.4 Å². The maximum Gasteiger partial charge on any atom is 0.234 e. The van der Waals surface area contributed by atoms with Crippen molar-refractivity contribution >= 4 is 28.8 Å². The number of thiophene rings is 1. The summed E-state index contributed by atoms with van der Waals surface area (Å²) < 4.78 is 0.735. The van der Waals surface area contributed by atoms with Crippen molar-refractivity contribution in [2.24, 2.45) is 0 Å². The lowest BCUT2D eigenvalue weighted by atomic mass is 10.1. The Bertz CT molecular complexity index is 559. The molecule has 2 aromatic rings. The van der Waals surface area contributed by atoms with Crippen LogP contribution < -0.4 is 10.6 Å². The van der Waals surface area contributed by atoms with Gasteiger partial charge in [-0.2, -0.15) is 0 Å². The molecule has 1 amide bonds. The zero-order chi connectivity index (χ0) is 14.4. The van der Waals surface area contributed by atoms with Crippen LogP contribution in [0.2, 0.25) is 4.34 Å². The monoisotopic (exact) mass is 309 g/mol. The quantitative estimate of drug-likeness (QED) is 0.862. The maximum absolute atomic E-state index is 11.7. The molecule has 4 nitrogen and oxygen atoms in total. The first-order chi connectivity index (χ1) is 9.65. The predicted molar refractivity (Wildman–Crippen MR) is 81.8 cm³/mol. The Labute approximate surface area is 127 Å². The van der Waals surface area contributed by atoms with Crippen LogP contribution in [0.25, 0.3) is 0 Å². The van der Waals surface area contributed by atoms with Crippen LogP contribution in [-0.2, 0) is 11.3 Å². The zero-order valence-corrected chi connectivity index (χ0v) is 12.7. The standard InChI is InChI=1S/C14H16ClN3OS/c1-10(11-4-6-16-7-5-11)17-9-14(19)18-8-12-2-3-13(15)20-12/h2-7,10,17H,8-9H2,1H3,(H,18,19)/t10-/m1/s1. The van der Waals surface area contributed by atoms with Crippen LogP contribution in [0.5, 0.6) is 0 Å². The van der Waals surface area contributed by atoms with E-state index in [0.29, 0.717) is 6.54 Å². The Morgan fingerprint density at radius 3 is 2.75 bits per heavy atom. The Balaban J connectivity index is 1.72. The van der Waals surface area contributed by atoms with E-state index < -0.39 is 0 Å². The number of halogens is 1. The average molecular weight is 310 g/mol. The highest BCUT2D eigenvalue weighted by atomic mass is 35.5. The lowest BCUT2D eigenvalue weighted by Gasteiger charge is -2.13. The summed E-state index contributed by atoms with van der Waals surface area (Å²) in [4.78, 5) is 16.8. The van der Waals surface area contributed by atoms with Gasteiger partial charge in [-0.15, -0.1) is 11.3 Å². The van der Waals surface area contributed by atoms with Gasteiger partial charge in [0.2, 0.25) is 5.91 Å². The molecule has 2 aromatic heterocycles. The summed E-state index contributed by atoms with van der Waals surface area (Å²) >= 11 is 7.31. The summed E-state index contributed by atoms with van der Waals surface area (Å²) in [6.07, 6.45) is 3.49. The summed E-state index contributed by atoms with van der Waals surface area (Å²) in [5.41, 5.74) is 1.11. The third-order valence-electron chi connectivity index (χ3n) is 2.86. The molecule has 0 bridgehead atoms. The summed E-state index contributed by atoms with van der Waals surface area (Å²) in [7, 11) is 0. The molecule has 6 heteroatoms. The largest absolute Gasteiger partial charge is 0.350 e. The van der Waals surface area contributed by atoms with Crippen LogP contribution in [0.1, 0.15) is 23.4 Å². The zero-order valence-electron chi connectivity index (χ0n) is 11.1. The summed E-state index contributed by atoms with van der Waals surface area (Å²) in [5.74, 6) is -0.0320. The maximum atomic E-state index is 11.7. The van der Waals surface area contributed by atoms with E-state index in [1.165, 1.54) is 11.3 Å². The van der Waals surface area contributed by atoms with E-state index in [-0.39, 0.29) is 18.5 Å². The molecule has 2 rings (SSSR count). The van der Waals surface area contributed by atoms with Crippen molar-refractivity contribution in [3.05, 3.63) is 51.4 Å². The van der Waals surface area contributed by atoms with E-state index in [4.69, 9.17) is 11.6 Å². The van der Waals surface area contributed by atoms with Crippen LogP contribution in [0, 0.1) is 0 Å². The van der Waals surface area contributed by atoms with Crippen molar-refractivity contribution in [3.8, 4) is 0 Å². The number of pyridine rings is 1. The lowest BCUT2D eigenvalue weighted by Crippen LogP contribution is -2.34. The fourth-order valence-electron chi connectivity index (χ4n) is 1.71. The van der Waals surface area contributed by atoms with Gasteiger partial charge in [-0.3, -0.25) is 9.78 Å². The number of hydrogen-bond donors (Lipinski definition) is 2. The van der Waals surface area contributed by atoms with Gasteiger partial charge in [-0.25, -0.2) is 0 Å². The number of aromatic nitrogens is 1. The van der Waals surface area contributed by atoms with Crippen LogP contribution in [0.4, 0.5) is 0 Å². The topological polar surface area (TPSA) is 54.0 Å². The first-order valence-electron chi connectivity index (χ1n) is 6.29. The molecule has 106 valence electrons. The molecular formula is C14H16ClN3OS. The molecule has 2 heterocycles. The number of rotatable bonds is 6. The summed E-state index contributed by atoms with van der Waals surface area (Å²) in [6, 6.07) is 7.73. The van der Waals surface area contributed by atoms with E-state index >= 15 is 0 Å². The van der Waals surface area contributed by atoms with E-state index in [1.807, 2.05) is 31.2 Å². The van der Waals surface area contributed by atoms with Crippen molar-refractivity contribution in [1.29, 1.82) is 0 Å². The highest BCUT2D eigenvalue weighted by Gasteiger charge is 2.07. The van der Waals surface area contributed by atoms with Crippen molar-refractivity contribution in [3.63, 3.8) is 0 Å². The minimum atomic E-state index is -0.0320. The van der Waals surface area contributed by atoms with E-state index in [1.54, 1.807) is 12.4 Å².